The Labute approximate surface area is 127 Å². The smallest absolute Gasteiger partial charge is 0.152 e. The van der Waals surface area contributed by atoms with Gasteiger partial charge in [0.2, 0.25) is 0 Å². The lowest BCUT2D eigenvalue weighted by atomic mass is 9.87. The van der Waals surface area contributed by atoms with Crippen molar-refractivity contribution < 1.29 is 4.79 Å². The Morgan fingerprint density at radius 2 is 1.89 bits per heavy atom. The van der Waals surface area contributed by atoms with Gasteiger partial charge in [0.15, 0.2) is 5.78 Å². The minimum atomic E-state index is -0.378. The molecule has 1 aromatic carbocycles. The standard InChI is InChI=1S/C14H17BrCl2O/c1-8-5-6-11(16)9(12(8)17)7-10(15)13(18)14(2,3)4/h5-6,10H,7H2,1-4H3. The summed E-state index contributed by atoms with van der Waals surface area (Å²) in [7, 11) is 0. The van der Waals surface area contributed by atoms with Crippen LogP contribution in [-0.2, 0) is 11.2 Å². The lowest BCUT2D eigenvalue weighted by Crippen LogP contribution is -2.30. The molecule has 0 heterocycles. The van der Waals surface area contributed by atoms with E-state index in [9.17, 15) is 4.79 Å². The van der Waals surface area contributed by atoms with Crippen molar-refractivity contribution in [3.8, 4) is 0 Å². The zero-order valence-electron chi connectivity index (χ0n) is 11.0. The highest BCUT2D eigenvalue weighted by atomic mass is 79.9. The molecular formula is C14H17BrCl2O. The van der Waals surface area contributed by atoms with Crippen LogP contribution in [0.25, 0.3) is 0 Å². The first-order valence-corrected chi connectivity index (χ1v) is 7.43. The van der Waals surface area contributed by atoms with Crippen LogP contribution in [0, 0.1) is 12.3 Å². The average molecular weight is 352 g/mol. The van der Waals surface area contributed by atoms with Crippen molar-refractivity contribution in [1.29, 1.82) is 0 Å². The maximum absolute atomic E-state index is 12.1. The van der Waals surface area contributed by atoms with Gasteiger partial charge in [0.25, 0.3) is 0 Å². The number of alkyl halides is 1. The number of Topliss-reactive ketones (excluding diaryl/α,β-unsaturated/α-hetero) is 1. The highest BCUT2D eigenvalue weighted by molar-refractivity contribution is 9.10. The predicted molar refractivity (Wildman–Crippen MR) is 82.1 cm³/mol. The summed E-state index contributed by atoms with van der Waals surface area (Å²) in [6.07, 6.45) is 0.509. The highest BCUT2D eigenvalue weighted by Crippen LogP contribution is 2.32. The molecule has 1 atom stereocenters. The fourth-order valence-corrected chi connectivity index (χ4v) is 3.18. The molecule has 0 aliphatic carbocycles. The molecule has 0 saturated heterocycles. The molecule has 0 aliphatic heterocycles. The lowest BCUT2D eigenvalue weighted by molar-refractivity contribution is -0.125. The van der Waals surface area contributed by atoms with E-state index in [1.54, 1.807) is 0 Å². The van der Waals surface area contributed by atoms with E-state index in [1.807, 2.05) is 39.8 Å². The van der Waals surface area contributed by atoms with Crippen LogP contribution in [0.5, 0.6) is 0 Å². The van der Waals surface area contributed by atoms with E-state index in [4.69, 9.17) is 23.2 Å². The quantitative estimate of drug-likeness (QED) is 0.682. The van der Waals surface area contributed by atoms with Gasteiger partial charge in [-0.15, -0.1) is 0 Å². The molecule has 1 aromatic rings. The maximum atomic E-state index is 12.1. The topological polar surface area (TPSA) is 17.1 Å². The van der Waals surface area contributed by atoms with E-state index in [2.05, 4.69) is 15.9 Å². The van der Waals surface area contributed by atoms with E-state index in [0.717, 1.165) is 11.1 Å². The third-order valence-corrected chi connectivity index (χ3v) is 4.41. The third-order valence-electron chi connectivity index (χ3n) is 2.79. The molecule has 4 heteroatoms. The van der Waals surface area contributed by atoms with Crippen molar-refractivity contribution in [3.63, 3.8) is 0 Å². The molecule has 0 amide bonds. The number of hydrogen-bond donors (Lipinski definition) is 0. The van der Waals surface area contributed by atoms with Gasteiger partial charge in [0.1, 0.15) is 0 Å². The summed E-state index contributed by atoms with van der Waals surface area (Å²) >= 11 is 15.8. The summed E-state index contributed by atoms with van der Waals surface area (Å²) in [5.74, 6) is 0.149. The fraction of sp³-hybridized carbons (Fsp3) is 0.500. The number of aryl methyl sites for hydroxylation is 1. The molecular weight excluding hydrogens is 335 g/mol. The van der Waals surface area contributed by atoms with Crippen LogP contribution in [0.2, 0.25) is 10.0 Å². The summed E-state index contributed by atoms with van der Waals surface area (Å²) in [5.41, 5.74) is 1.42. The van der Waals surface area contributed by atoms with E-state index in [0.29, 0.717) is 16.5 Å². The van der Waals surface area contributed by atoms with Gasteiger partial charge in [-0.3, -0.25) is 4.79 Å². The Bertz CT molecular complexity index is 464. The summed E-state index contributed by atoms with van der Waals surface area (Å²) in [6, 6.07) is 3.70. The Morgan fingerprint density at radius 3 is 2.39 bits per heavy atom. The average Bonchev–Trinajstić information content (AvgIpc) is 2.27. The van der Waals surface area contributed by atoms with Crippen molar-refractivity contribution in [1.82, 2.24) is 0 Å². The first-order chi connectivity index (χ1) is 8.14. The van der Waals surface area contributed by atoms with E-state index in [-0.39, 0.29) is 16.0 Å². The number of hydrogen-bond acceptors (Lipinski definition) is 1. The molecule has 0 aliphatic rings. The number of benzene rings is 1. The van der Waals surface area contributed by atoms with E-state index in [1.165, 1.54) is 0 Å². The molecule has 0 radical (unpaired) electrons. The summed E-state index contributed by atoms with van der Waals surface area (Å²) in [5, 5.41) is 1.26. The molecule has 0 bridgehead atoms. The maximum Gasteiger partial charge on any atom is 0.152 e. The van der Waals surface area contributed by atoms with E-state index >= 15 is 0 Å². The van der Waals surface area contributed by atoms with Crippen LogP contribution in [-0.4, -0.2) is 10.6 Å². The molecule has 0 spiro atoms. The first kappa shape index (κ1) is 16.0. The highest BCUT2D eigenvalue weighted by Gasteiger charge is 2.29. The second-order valence-electron chi connectivity index (χ2n) is 5.44. The number of rotatable bonds is 3. The number of ketones is 1. The monoisotopic (exact) mass is 350 g/mol. The van der Waals surface area contributed by atoms with Gasteiger partial charge in [-0.25, -0.2) is 0 Å². The molecule has 18 heavy (non-hydrogen) atoms. The van der Waals surface area contributed by atoms with Gasteiger partial charge in [0.05, 0.1) is 4.83 Å². The number of carbonyl (C=O) groups is 1. The first-order valence-electron chi connectivity index (χ1n) is 5.76. The Balaban J connectivity index is 2.99. The predicted octanol–water partition coefficient (Wildman–Crippen LogP) is 5.22. The van der Waals surface area contributed by atoms with Crippen molar-refractivity contribution in [3.05, 3.63) is 33.3 Å². The Hall–Kier alpha value is -0.0500. The molecule has 0 aromatic heterocycles. The van der Waals surface area contributed by atoms with Crippen molar-refractivity contribution in [2.75, 3.05) is 0 Å². The number of halogens is 3. The van der Waals surface area contributed by atoms with Gasteiger partial charge in [-0.1, -0.05) is 66.0 Å². The minimum absolute atomic E-state index is 0.149. The van der Waals surface area contributed by atoms with Crippen LogP contribution in [0.3, 0.4) is 0 Å². The van der Waals surface area contributed by atoms with Gasteiger partial charge in [-0.05, 0) is 30.5 Å². The largest absolute Gasteiger partial charge is 0.298 e. The number of carbonyl (C=O) groups excluding carboxylic acids is 1. The Kier molecular flexibility index (Phi) is 5.28. The molecule has 0 saturated carbocycles. The van der Waals surface area contributed by atoms with Crippen molar-refractivity contribution in [2.24, 2.45) is 5.41 Å². The third kappa shape index (κ3) is 3.72. The molecule has 1 unspecified atom stereocenters. The lowest BCUT2D eigenvalue weighted by Gasteiger charge is -2.21. The van der Waals surface area contributed by atoms with Crippen LogP contribution in [0.4, 0.5) is 0 Å². The second-order valence-corrected chi connectivity index (χ2v) is 7.33. The molecule has 0 N–H and O–H groups in total. The van der Waals surface area contributed by atoms with Crippen molar-refractivity contribution in [2.45, 2.75) is 38.9 Å². The van der Waals surface area contributed by atoms with Crippen LogP contribution in [0.1, 0.15) is 31.9 Å². The SMILES string of the molecule is Cc1ccc(Cl)c(CC(Br)C(=O)C(C)(C)C)c1Cl. The zero-order valence-corrected chi connectivity index (χ0v) is 14.1. The van der Waals surface area contributed by atoms with E-state index < -0.39 is 0 Å². The molecule has 0 fully saturated rings. The summed E-state index contributed by atoms with van der Waals surface area (Å²) in [6.45, 7) is 7.64. The molecule has 100 valence electrons. The summed E-state index contributed by atoms with van der Waals surface area (Å²) in [4.78, 5) is 11.9. The zero-order chi connectivity index (χ0) is 14.1. The second kappa shape index (κ2) is 5.94. The molecule has 1 rings (SSSR count). The van der Waals surface area contributed by atoms with Crippen LogP contribution in [0.15, 0.2) is 12.1 Å². The van der Waals surface area contributed by atoms with Gasteiger partial charge in [0, 0.05) is 15.5 Å². The summed E-state index contributed by atoms with van der Waals surface area (Å²) < 4.78 is 0. The van der Waals surface area contributed by atoms with Crippen molar-refractivity contribution >= 4 is 44.9 Å². The Morgan fingerprint density at radius 1 is 1.33 bits per heavy atom. The fourth-order valence-electron chi connectivity index (χ4n) is 1.64. The van der Waals surface area contributed by atoms with Crippen LogP contribution < -0.4 is 0 Å². The van der Waals surface area contributed by atoms with Crippen LogP contribution >= 0.6 is 39.1 Å². The molecule has 1 nitrogen and oxygen atoms in total. The van der Waals surface area contributed by atoms with Gasteiger partial charge in [-0.2, -0.15) is 0 Å². The minimum Gasteiger partial charge on any atom is -0.298 e. The van der Waals surface area contributed by atoms with Gasteiger partial charge < -0.3 is 0 Å². The normalized spacial score (nSPS) is 13.5. The van der Waals surface area contributed by atoms with Gasteiger partial charge >= 0.3 is 0 Å².